The molecule has 2 heterocycles. The zero-order valence-corrected chi connectivity index (χ0v) is 10.7. The first-order valence-corrected chi connectivity index (χ1v) is 6.46. The van der Waals surface area contributed by atoms with Crippen LogP contribution in [0, 0.1) is 0 Å². The highest BCUT2D eigenvalue weighted by molar-refractivity contribution is 6.29. The van der Waals surface area contributed by atoms with Crippen LogP contribution in [-0.2, 0) is 17.7 Å². The standard InChI is InChI=1S/C12H17ClN2O2/c1-2-11-14-10(13)7-12(16)15(11)8-9-5-3-4-6-17-9/h7,9H,2-6,8H2,1H3. The molecular formula is C12H17ClN2O2. The van der Waals surface area contributed by atoms with Crippen LogP contribution >= 0.6 is 11.6 Å². The lowest BCUT2D eigenvalue weighted by molar-refractivity contribution is 0.00478. The van der Waals surface area contributed by atoms with Crippen molar-refractivity contribution in [3.05, 3.63) is 27.4 Å². The fourth-order valence-corrected chi connectivity index (χ4v) is 2.33. The van der Waals surface area contributed by atoms with E-state index in [1.165, 1.54) is 12.5 Å². The molecule has 1 aromatic rings. The minimum Gasteiger partial charge on any atom is -0.376 e. The Morgan fingerprint density at radius 3 is 3.06 bits per heavy atom. The van der Waals surface area contributed by atoms with Crippen molar-refractivity contribution in [3.63, 3.8) is 0 Å². The number of halogens is 1. The molecule has 1 unspecified atom stereocenters. The Labute approximate surface area is 106 Å². The van der Waals surface area contributed by atoms with E-state index >= 15 is 0 Å². The third-order valence-corrected chi connectivity index (χ3v) is 3.23. The number of aryl methyl sites for hydroxylation is 1. The average Bonchev–Trinajstić information content (AvgIpc) is 2.33. The maximum atomic E-state index is 11.9. The highest BCUT2D eigenvalue weighted by Gasteiger charge is 2.17. The number of hydrogen-bond acceptors (Lipinski definition) is 3. The molecule has 0 saturated carbocycles. The minimum absolute atomic E-state index is 0.0870. The zero-order valence-electron chi connectivity index (χ0n) is 9.99. The number of rotatable bonds is 3. The van der Waals surface area contributed by atoms with Crippen LogP contribution in [-0.4, -0.2) is 22.3 Å². The highest BCUT2D eigenvalue weighted by atomic mass is 35.5. The molecule has 0 aromatic carbocycles. The van der Waals surface area contributed by atoms with Gasteiger partial charge in [0.25, 0.3) is 5.56 Å². The van der Waals surface area contributed by atoms with Crippen LogP contribution in [0.5, 0.6) is 0 Å². The van der Waals surface area contributed by atoms with Gasteiger partial charge in [-0.25, -0.2) is 4.98 Å². The van der Waals surface area contributed by atoms with Gasteiger partial charge >= 0.3 is 0 Å². The molecule has 2 rings (SSSR count). The first-order valence-electron chi connectivity index (χ1n) is 6.08. The van der Waals surface area contributed by atoms with Crippen molar-refractivity contribution in [2.24, 2.45) is 0 Å². The molecule has 1 aliphatic heterocycles. The van der Waals surface area contributed by atoms with E-state index in [9.17, 15) is 4.79 Å². The Morgan fingerprint density at radius 1 is 1.59 bits per heavy atom. The highest BCUT2D eigenvalue weighted by Crippen LogP contribution is 2.14. The topological polar surface area (TPSA) is 44.1 Å². The van der Waals surface area contributed by atoms with Gasteiger partial charge in [0.2, 0.25) is 0 Å². The van der Waals surface area contributed by atoms with Gasteiger partial charge in [-0.05, 0) is 19.3 Å². The van der Waals surface area contributed by atoms with Gasteiger partial charge in [0.05, 0.1) is 12.6 Å². The molecule has 0 amide bonds. The van der Waals surface area contributed by atoms with E-state index in [4.69, 9.17) is 16.3 Å². The smallest absolute Gasteiger partial charge is 0.255 e. The van der Waals surface area contributed by atoms with Crippen molar-refractivity contribution in [2.45, 2.75) is 45.3 Å². The second-order valence-electron chi connectivity index (χ2n) is 4.29. The molecule has 0 spiro atoms. The third-order valence-electron chi connectivity index (χ3n) is 3.03. The molecular weight excluding hydrogens is 240 g/mol. The summed E-state index contributed by atoms with van der Waals surface area (Å²) in [7, 11) is 0. The summed E-state index contributed by atoms with van der Waals surface area (Å²) in [5, 5.41) is 0.271. The molecule has 0 bridgehead atoms. The van der Waals surface area contributed by atoms with Gasteiger partial charge in [-0.3, -0.25) is 9.36 Å². The van der Waals surface area contributed by atoms with E-state index in [0.717, 1.165) is 25.3 Å². The molecule has 17 heavy (non-hydrogen) atoms. The van der Waals surface area contributed by atoms with E-state index < -0.39 is 0 Å². The Bertz CT molecular complexity index is 439. The van der Waals surface area contributed by atoms with Crippen LogP contribution in [0.1, 0.15) is 32.0 Å². The Balaban J connectivity index is 2.21. The van der Waals surface area contributed by atoms with Crippen molar-refractivity contribution >= 4 is 11.6 Å². The van der Waals surface area contributed by atoms with Gasteiger partial charge in [-0.15, -0.1) is 0 Å². The van der Waals surface area contributed by atoms with E-state index in [-0.39, 0.29) is 16.8 Å². The molecule has 1 aliphatic rings. The molecule has 1 fully saturated rings. The van der Waals surface area contributed by atoms with Gasteiger partial charge in [-0.1, -0.05) is 18.5 Å². The molecule has 1 saturated heterocycles. The van der Waals surface area contributed by atoms with Crippen LogP contribution in [0.3, 0.4) is 0 Å². The third kappa shape index (κ3) is 3.07. The monoisotopic (exact) mass is 256 g/mol. The van der Waals surface area contributed by atoms with Crippen LogP contribution in [0.2, 0.25) is 5.15 Å². The second-order valence-corrected chi connectivity index (χ2v) is 4.67. The first-order chi connectivity index (χ1) is 8.20. The summed E-state index contributed by atoms with van der Waals surface area (Å²) < 4.78 is 7.33. The number of aromatic nitrogens is 2. The van der Waals surface area contributed by atoms with Crippen LogP contribution in [0.15, 0.2) is 10.9 Å². The summed E-state index contributed by atoms with van der Waals surface area (Å²) in [6.07, 6.45) is 4.13. The summed E-state index contributed by atoms with van der Waals surface area (Å²) in [5.41, 5.74) is -0.0870. The SMILES string of the molecule is CCc1nc(Cl)cc(=O)n1CC1CCCCO1. The van der Waals surface area contributed by atoms with Crippen molar-refractivity contribution < 1.29 is 4.74 Å². The van der Waals surface area contributed by atoms with Crippen LogP contribution in [0.4, 0.5) is 0 Å². The number of ether oxygens (including phenoxy) is 1. The Kier molecular flexibility index (Phi) is 4.18. The molecule has 94 valence electrons. The summed E-state index contributed by atoms with van der Waals surface area (Å²) in [5.74, 6) is 0.733. The molecule has 5 heteroatoms. The van der Waals surface area contributed by atoms with Gasteiger partial charge in [0.15, 0.2) is 0 Å². The molecule has 1 atom stereocenters. The predicted molar refractivity (Wildman–Crippen MR) is 66.5 cm³/mol. The molecule has 0 radical (unpaired) electrons. The van der Waals surface area contributed by atoms with Gasteiger partial charge in [0, 0.05) is 19.1 Å². The van der Waals surface area contributed by atoms with Crippen LogP contribution in [0.25, 0.3) is 0 Å². The summed E-state index contributed by atoms with van der Waals surface area (Å²) in [6.45, 7) is 3.35. The van der Waals surface area contributed by atoms with E-state index in [1.807, 2.05) is 6.92 Å². The van der Waals surface area contributed by atoms with Crippen molar-refractivity contribution in [1.29, 1.82) is 0 Å². The molecule has 0 aliphatic carbocycles. The maximum Gasteiger partial charge on any atom is 0.255 e. The van der Waals surface area contributed by atoms with Crippen molar-refractivity contribution in [2.75, 3.05) is 6.61 Å². The fraction of sp³-hybridized carbons (Fsp3) is 0.667. The lowest BCUT2D eigenvalue weighted by atomic mass is 10.1. The van der Waals surface area contributed by atoms with E-state index in [2.05, 4.69) is 4.98 Å². The van der Waals surface area contributed by atoms with Gasteiger partial charge in [0.1, 0.15) is 11.0 Å². The fourth-order valence-electron chi connectivity index (χ4n) is 2.14. The van der Waals surface area contributed by atoms with Crippen molar-refractivity contribution in [1.82, 2.24) is 9.55 Å². The number of hydrogen-bond donors (Lipinski definition) is 0. The minimum atomic E-state index is -0.0870. The molecule has 4 nitrogen and oxygen atoms in total. The van der Waals surface area contributed by atoms with E-state index in [0.29, 0.717) is 13.0 Å². The average molecular weight is 257 g/mol. The van der Waals surface area contributed by atoms with Gasteiger partial charge in [-0.2, -0.15) is 0 Å². The van der Waals surface area contributed by atoms with Crippen molar-refractivity contribution in [3.8, 4) is 0 Å². The first kappa shape index (κ1) is 12.6. The van der Waals surface area contributed by atoms with Crippen LogP contribution < -0.4 is 5.56 Å². The molecule has 1 aromatic heterocycles. The quantitative estimate of drug-likeness (QED) is 0.778. The second kappa shape index (κ2) is 5.65. The number of nitrogens with zero attached hydrogens (tertiary/aromatic N) is 2. The Morgan fingerprint density at radius 2 is 2.41 bits per heavy atom. The zero-order chi connectivity index (χ0) is 12.3. The van der Waals surface area contributed by atoms with E-state index in [1.54, 1.807) is 4.57 Å². The predicted octanol–water partition coefficient (Wildman–Crippen LogP) is 2.03. The maximum absolute atomic E-state index is 11.9. The lowest BCUT2D eigenvalue weighted by Crippen LogP contribution is -2.32. The lowest BCUT2D eigenvalue weighted by Gasteiger charge is -2.24. The van der Waals surface area contributed by atoms with Gasteiger partial charge < -0.3 is 4.74 Å². The summed E-state index contributed by atoms with van der Waals surface area (Å²) in [4.78, 5) is 16.1. The molecule has 0 N–H and O–H groups in total. The summed E-state index contributed by atoms with van der Waals surface area (Å²) in [6, 6.07) is 1.36. The summed E-state index contributed by atoms with van der Waals surface area (Å²) >= 11 is 5.79. The largest absolute Gasteiger partial charge is 0.376 e. The Hall–Kier alpha value is -0.870. The normalized spacial score (nSPS) is 20.5.